The van der Waals surface area contributed by atoms with Gasteiger partial charge in [0.25, 0.3) is 0 Å². The molecule has 9 heavy (non-hydrogen) atoms. The lowest BCUT2D eigenvalue weighted by Crippen LogP contribution is -2.42. The van der Waals surface area contributed by atoms with Gasteiger partial charge in [-0.1, -0.05) is 0 Å². The summed E-state index contributed by atoms with van der Waals surface area (Å²) in [6.45, 7) is 0.531. The van der Waals surface area contributed by atoms with Gasteiger partial charge >= 0.3 is 6.03 Å². The molecular weight excluding hydrogens is 122 g/mol. The van der Waals surface area contributed by atoms with Gasteiger partial charge in [0.2, 0.25) is 0 Å². The van der Waals surface area contributed by atoms with Crippen molar-refractivity contribution < 1.29 is 9.63 Å². The Morgan fingerprint density at radius 3 is 3.11 bits per heavy atom. The normalized spacial score (nSPS) is 17.3. The number of nitrogens with one attached hydrogen (secondary N) is 1. The number of carbonyl (C=O) groups excluding carboxylic acids is 1. The Morgan fingerprint density at radius 1 is 1.89 bits per heavy atom. The summed E-state index contributed by atoms with van der Waals surface area (Å²) in [4.78, 5) is 14.8. The van der Waals surface area contributed by atoms with Crippen LogP contribution in [0.25, 0.3) is 0 Å². The summed E-state index contributed by atoms with van der Waals surface area (Å²) in [6.07, 6.45) is 3.21. The maximum absolute atomic E-state index is 10.1. The van der Waals surface area contributed by atoms with Gasteiger partial charge in [-0.05, 0) is 11.2 Å². The second kappa shape index (κ2) is 2.36. The molecule has 0 radical (unpaired) electrons. The largest absolute Gasteiger partial charge is 0.394 e. The molecule has 1 heterocycles. The van der Waals surface area contributed by atoms with Crippen LogP contribution in [0.1, 0.15) is 0 Å². The fraction of sp³-hybridized carbons (Fsp3) is 0.250. The van der Waals surface area contributed by atoms with Gasteiger partial charge in [0.15, 0.2) is 0 Å². The Hall–Kier alpha value is -1.23. The molecule has 0 saturated carbocycles. The molecule has 0 spiro atoms. The van der Waals surface area contributed by atoms with E-state index in [0.717, 1.165) is 0 Å². The van der Waals surface area contributed by atoms with Crippen LogP contribution in [0.5, 0.6) is 0 Å². The maximum atomic E-state index is 10.1. The number of nitrogens with zero attached hydrogens (tertiary/aromatic N) is 1. The van der Waals surface area contributed by atoms with Crippen molar-refractivity contribution in [2.24, 2.45) is 5.73 Å². The van der Waals surface area contributed by atoms with Crippen molar-refractivity contribution in [1.29, 1.82) is 0 Å². The molecule has 50 valence electrons. The summed E-state index contributed by atoms with van der Waals surface area (Å²) in [7, 11) is 0. The Labute approximate surface area is 52.0 Å². The van der Waals surface area contributed by atoms with Crippen LogP contribution in [0.3, 0.4) is 0 Å². The van der Waals surface area contributed by atoms with Crippen LogP contribution in [-0.2, 0) is 4.84 Å². The lowest BCUT2D eigenvalue weighted by Gasteiger charge is -2.12. The van der Waals surface area contributed by atoms with E-state index in [4.69, 9.17) is 10.6 Å². The molecule has 0 saturated heterocycles. The van der Waals surface area contributed by atoms with Gasteiger partial charge in [-0.3, -0.25) is 0 Å². The number of rotatable bonds is 1. The van der Waals surface area contributed by atoms with Crippen molar-refractivity contribution >= 4 is 6.03 Å². The van der Waals surface area contributed by atoms with E-state index in [0.29, 0.717) is 6.54 Å². The highest BCUT2D eigenvalue weighted by atomic mass is 16.7. The Balaban J connectivity index is 2.22. The van der Waals surface area contributed by atoms with Crippen LogP contribution in [0.4, 0.5) is 4.79 Å². The molecule has 0 fully saturated rings. The highest BCUT2D eigenvalue weighted by Gasteiger charge is 2.07. The van der Waals surface area contributed by atoms with E-state index in [2.05, 4.69) is 5.43 Å². The Bertz CT molecular complexity index is 137. The fourth-order valence-corrected chi connectivity index (χ4v) is 0.493. The minimum Gasteiger partial charge on any atom is -0.394 e. The van der Waals surface area contributed by atoms with Crippen LogP contribution in [0, 0.1) is 0 Å². The summed E-state index contributed by atoms with van der Waals surface area (Å²) in [5.41, 5.74) is 7.00. The van der Waals surface area contributed by atoms with Gasteiger partial charge in [0.05, 0.1) is 6.54 Å². The van der Waals surface area contributed by atoms with Gasteiger partial charge < -0.3 is 10.6 Å². The van der Waals surface area contributed by atoms with Crippen molar-refractivity contribution in [3.63, 3.8) is 0 Å². The SMILES string of the molecule is NC(=O)NN1CC=CO1. The van der Waals surface area contributed by atoms with E-state index in [1.54, 1.807) is 6.08 Å². The molecule has 5 heteroatoms. The van der Waals surface area contributed by atoms with E-state index in [1.807, 2.05) is 0 Å². The summed E-state index contributed by atoms with van der Waals surface area (Å²) in [6, 6.07) is -0.626. The summed E-state index contributed by atoms with van der Waals surface area (Å²) >= 11 is 0. The lowest BCUT2D eigenvalue weighted by molar-refractivity contribution is -0.106. The fourth-order valence-electron chi connectivity index (χ4n) is 0.493. The third kappa shape index (κ3) is 1.61. The molecule has 0 aromatic heterocycles. The second-order valence-electron chi connectivity index (χ2n) is 1.51. The maximum Gasteiger partial charge on any atom is 0.329 e. The van der Waals surface area contributed by atoms with E-state index >= 15 is 0 Å². The third-order valence-corrected chi connectivity index (χ3v) is 0.790. The average molecular weight is 129 g/mol. The minimum absolute atomic E-state index is 0.531. The number of nitrogens with two attached hydrogens (primary N) is 1. The number of hydrogen-bond acceptors (Lipinski definition) is 3. The van der Waals surface area contributed by atoms with Crippen molar-refractivity contribution in [2.45, 2.75) is 0 Å². The highest BCUT2D eigenvalue weighted by Crippen LogP contribution is 1.94. The number of amides is 2. The average Bonchev–Trinajstić information content (AvgIpc) is 2.15. The monoisotopic (exact) mass is 129 g/mol. The molecule has 2 amide bonds. The van der Waals surface area contributed by atoms with E-state index in [1.165, 1.54) is 11.4 Å². The van der Waals surface area contributed by atoms with Gasteiger partial charge in [-0.25, -0.2) is 10.2 Å². The van der Waals surface area contributed by atoms with Crippen LogP contribution in [-0.4, -0.2) is 17.7 Å². The van der Waals surface area contributed by atoms with E-state index in [-0.39, 0.29) is 0 Å². The first-order valence-electron chi connectivity index (χ1n) is 2.44. The first-order valence-corrected chi connectivity index (χ1v) is 2.44. The van der Waals surface area contributed by atoms with E-state index < -0.39 is 6.03 Å². The van der Waals surface area contributed by atoms with Crippen LogP contribution >= 0.6 is 0 Å². The summed E-state index contributed by atoms with van der Waals surface area (Å²) < 4.78 is 0. The number of urea groups is 1. The molecule has 0 unspecified atom stereocenters. The van der Waals surface area contributed by atoms with Crippen molar-refractivity contribution in [1.82, 2.24) is 10.6 Å². The molecule has 3 N–H and O–H groups in total. The molecule has 0 aromatic carbocycles. The van der Waals surface area contributed by atoms with Gasteiger partial charge in [-0.2, -0.15) is 0 Å². The summed E-state index contributed by atoms with van der Waals surface area (Å²) in [5.74, 6) is 0. The second-order valence-corrected chi connectivity index (χ2v) is 1.51. The number of hydrazine groups is 1. The standard InChI is InChI=1S/C4H7N3O2/c5-4(8)6-7-2-1-3-9-7/h1,3H,2H2,(H3,5,6,8). The van der Waals surface area contributed by atoms with Crippen LogP contribution < -0.4 is 11.2 Å². The third-order valence-electron chi connectivity index (χ3n) is 0.790. The molecule has 0 bridgehead atoms. The topological polar surface area (TPSA) is 67.6 Å². The van der Waals surface area contributed by atoms with Crippen molar-refractivity contribution in [2.75, 3.05) is 6.54 Å². The molecule has 5 nitrogen and oxygen atoms in total. The molecule has 1 aliphatic rings. The summed E-state index contributed by atoms with van der Waals surface area (Å²) in [5, 5.41) is 1.22. The predicted molar refractivity (Wildman–Crippen MR) is 29.7 cm³/mol. The number of carbonyl (C=O) groups is 1. The zero-order valence-electron chi connectivity index (χ0n) is 4.70. The zero-order valence-corrected chi connectivity index (χ0v) is 4.70. The Morgan fingerprint density at radius 2 is 2.67 bits per heavy atom. The number of hydroxylamine groups is 1. The highest BCUT2D eigenvalue weighted by molar-refractivity contribution is 5.70. The predicted octanol–water partition coefficient (Wildman–Crippen LogP) is -0.669. The smallest absolute Gasteiger partial charge is 0.329 e. The zero-order chi connectivity index (χ0) is 6.69. The lowest BCUT2D eigenvalue weighted by atomic mass is 10.7. The van der Waals surface area contributed by atoms with Crippen molar-refractivity contribution in [3.8, 4) is 0 Å². The van der Waals surface area contributed by atoms with E-state index in [9.17, 15) is 4.79 Å². The first-order chi connectivity index (χ1) is 4.29. The number of hydrogen-bond donors (Lipinski definition) is 2. The molecular formula is C4H7N3O2. The van der Waals surface area contributed by atoms with Gasteiger partial charge in [0.1, 0.15) is 6.26 Å². The number of primary amides is 1. The van der Waals surface area contributed by atoms with Crippen LogP contribution in [0.2, 0.25) is 0 Å². The Kier molecular flexibility index (Phi) is 1.55. The molecule has 1 aliphatic heterocycles. The molecule has 0 aromatic rings. The van der Waals surface area contributed by atoms with Gasteiger partial charge in [-0.15, -0.1) is 0 Å². The van der Waals surface area contributed by atoms with Crippen LogP contribution in [0.15, 0.2) is 12.3 Å². The molecule has 1 rings (SSSR count). The minimum atomic E-state index is -0.626. The first kappa shape index (κ1) is 5.90. The molecule has 0 aliphatic carbocycles. The van der Waals surface area contributed by atoms with Crippen molar-refractivity contribution in [3.05, 3.63) is 12.3 Å². The molecule has 0 atom stereocenters. The quantitative estimate of drug-likeness (QED) is 0.493. The van der Waals surface area contributed by atoms with Gasteiger partial charge in [0, 0.05) is 0 Å².